The number of morpholine rings is 1. The van der Waals surface area contributed by atoms with Crippen molar-refractivity contribution in [2.24, 2.45) is 0 Å². The number of aromatic nitrogens is 1. The molecule has 2 aromatic heterocycles. The molecule has 30 heavy (non-hydrogen) atoms. The first kappa shape index (κ1) is 19.0. The van der Waals surface area contributed by atoms with Gasteiger partial charge in [-0.05, 0) is 29.0 Å². The number of hydrogen-bond donors (Lipinski definition) is 1. The van der Waals surface area contributed by atoms with Crippen LogP contribution in [-0.4, -0.2) is 47.3 Å². The summed E-state index contributed by atoms with van der Waals surface area (Å²) >= 11 is 0.869. The molecule has 2 amide bonds. The van der Waals surface area contributed by atoms with Gasteiger partial charge in [0.1, 0.15) is 11.3 Å². The van der Waals surface area contributed by atoms with Crippen molar-refractivity contribution in [3.8, 4) is 11.1 Å². The molecule has 0 atom stereocenters. The number of thioether (sulfide) groups is 1. The number of amides is 2. The number of ether oxygens (including phenoxy) is 1. The maximum Gasteiger partial charge on any atom is 0.290 e. The van der Waals surface area contributed by atoms with Gasteiger partial charge in [-0.3, -0.25) is 24.8 Å². The molecule has 0 unspecified atom stereocenters. The highest BCUT2D eigenvalue weighted by atomic mass is 32.2. The number of imide groups is 1. The van der Waals surface area contributed by atoms with Gasteiger partial charge in [0.05, 0.1) is 18.1 Å². The number of fused-ring (bicyclic) bond motifs is 1. The van der Waals surface area contributed by atoms with Gasteiger partial charge in [0.15, 0.2) is 0 Å². The summed E-state index contributed by atoms with van der Waals surface area (Å²) in [4.78, 5) is 30.2. The minimum atomic E-state index is -0.403. The molecular formula is C22H19N3O4S. The van der Waals surface area contributed by atoms with Crippen molar-refractivity contribution in [3.05, 3.63) is 59.0 Å². The zero-order chi connectivity index (χ0) is 20.5. The number of furan rings is 1. The fourth-order valence-electron chi connectivity index (χ4n) is 3.62. The Bertz CT molecular complexity index is 1150. The Morgan fingerprint density at radius 3 is 2.67 bits per heavy atom. The van der Waals surface area contributed by atoms with E-state index in [0.717, 1.165) is 61.1 Å². The summed E-state index contributed by atoms with van der Waals surface area (Å²) in [5, 5.41) is 2.71. The molecule has 0 aliphatic carbocycles. The Morgan fingerprint density at radius 1 is 1.13 bits per heavy atom. The van der Waals surface area contributed by atoms with Crippen LogP contribution in [0.3, 0.4) is 0 Å². The molecule has 2 saturated heterocycles. The van der Waals surface area contributed by atoms with E-state index in [9.17, 15) is 9.59 Å². The zero-order valence-electron chi connectivity index (χ0n) is 16.1. The molecule has 1 N–H and O–H groups in total. The van der Waals surface area contributed by atoms with Gasteiger partial charge in [0, 0.05) is 49.1 Å². The highest BCUT2D eigenvalue weighted by Gasteiger charge is 2.25. The molecule has 8 heteroatoms. The predicted octanol–water partition coefficient (Wildman–Crippen LogP) is 3.65. The fourth-order valence-corrected chi connectivity index (χ4v) is 4.28. The van der Waals surface area contributed by atoms with Crippen molar-refractivity contribution in [3.63, 3.8) is 0 Å². The second-order valence-electron chi connectivity index (χ2n) is 7.19. The molecule has 4 heterocycles. The van der Waals surface area contributed by atoms with Crippen LogP contribution in [0.15, 0.2) is 52.0 Å². The molecule has 1 aromatic carbocycles. The lowest BCUT2D eigenvalue weighted by atomic mass is 10.0. The number of pyridine rings is 1. The molecule has 2 aliphatic rings. The molecule has 0 bridgehead atoms. The number of benzene rings is 1. The average molecular weight is 421 g/mol. The van der Waals surface area contributed by atoms with Crippen LogP contribution < -0.4 is 5.32 Å². The van der Waals surface area contributed by atoms with E-state index in [-0.39, 0.29) is 5.24 Å². The summed E-state index contributed by atoms with van der Waals surface area (Å²) in [5.74, 6) is 0.107. The van der Waals surface area contributed by atoms with Gasteiger partial charge in [-0.1, -0.05) is 24.3 Å². The molecule has 2 fully saturated rings. The second kappa shape index (κ2) is 8.06. The van der Waals surface area contributed by atoms with E-state index in [2.05, 4.69) is 39.5 Å². The number of nitrogens with one attached hydrogen (secondary N) is 1. The van der Waals surface area contributed by atoms with Crippen molar-refractivity contribution in [1.82, 2.24) is 15.2 Å². The molecule has 152 valence electrons. The maximum atomic E-state index is 11.8. The zero-order valence-corrected chi connectivity index (χ0v) is 16.9. The standard InChI is InChI=1S/C22H19N3O4S/c26-21-19(30-22(27)24-21)10-17-9-16-11-23-12-18(20(16)29-17)15-3-1-14(2-4-15)13-25-5-7-28-8-6-25/h1-4,9-12H,5-8,13H2,(H,24,26,27)/b19-10+. The molecule has 5 rings (SSSR count). The number of rotatable bonds is 4. The van der Waals surface area contributed by atoms with Crippen LogP contribution in [0.5, 0.6) is 0 Å². The largest absolute Gasteiger partial charge is 0.456 e. The lowest BCUT2D eigenvalue weighted by Gasteiger charge is -2.26. The molecular weight excluding hydrogens is 402 g/mol. The number of carbonyl (C=O) groups is 2. The smallest absolute Gasteiger partial charge is 0.290 e. The number of carbonyl (C=O) groups excluding carboxylic acids is 2. The van der Waals surface area contributed by atoms with Gasteiger partial charge in [-0.25, -0.2) is 0 Å². The normalized spacial score (nSPS) is 19.0. The first-order chi connectivity index (χ1) is 14.7. The van der Waals surface area contributed by atoms with Gasteiger partial charge in [0.25, 0.3) is 11.1 Å². The minimum Gasteiger partial charge on any atom is -0.456 e. The predicted molar refractivity (Wildman–Crippen MR) is 115 cm³/mol. The average Bonchev–Trinajstić information content (AvgIpc) is 3.31. The van der Waals surface area contributed by atoms with E-state index in [0.29, 0.717) is 16.2 Å². The SMILES string of the molecule is O=C1NC(=O)/C(=C\c2cc3cncc(-c4ccc(CN5CCOCC5)cc4)c3o2)S1. The van der Waals surface area contributed by atoms with Crippen LogP contribution in [0.4, 0.5) is 4.79 Å². The lowest BCUT2D eigenvalue weighted by molar-refractivity contribution is -0.115. The summed E-state index contributed by atoms with van der Waals surface area (Å²) in [5.41, 5.74) is 3.84. The summed E-state index contributed by atoms with van der Waals surface area (Å²) < 4.78 is 11.4. The Kier molecular flexibility index (Phi) is 5.12. The highest BCUT2D eigenvalue weighted by molar-refractivity contribution is 8.18. The Labute approximate surface area is 177 Å². The van der Waals surface area contributed by atoms with Gasteiger partial charge in [-0.15, -0.1) is 0 Å². The Morgan fingerprint density at radius 2 is 1.93 bits per heavy atom. The van der Waals surface area contributed by atoms with E-state index in [4.69, 9.17) is 9.15 Å². The van der Waals surface area contributed by atoms with Crippen LogP contribution in [0.2, 0.25) is 0 Å². The van der Waals surface area contributed by atoms with Crippen LogP contribution in [0.25, 0.3) is 28.2 Å². The Balaban J connectivity index is 1.41. The first-order valence-electron chi connectivity index (χ1n) is 9.67. The second-order valence-corrected chi connectivity index (χ2v) is 8.21. The summed E-state index contributed by atoms with van der Waals surface area (Å²) in [6, 6.07) is 10.2. The third-order valence-corrected chi connectivity index (χ3v) is 5.94. The van der Waals surface area contributed by atoms with Crippen LogP contribution in [0.1, 0.15) is 11.3 Å². The summed E-state index contributed by atoms with van der Waals surface area (Å²) in [6.45, 7) is 4.40. The van der Waals surface area contributed by atoms with Gasteiger partial charge in [-0.2, -0.15) is 0 Å². The molecule has 7 nitrogen and oxygen atoms in total. The summed E-state index contributed by atoms with van der Waals surface area (Å²) in [7, 11) is 0. The topological polar surface area (TPSA) is 84.7 Å². The minimum absolute atomic E-state index is 0.320. The lowest BCUT2D eigenvalue weighted by Crippen LogP contribution is -2.35. The van der Waals surface area contributed by atoms with Gasteiger partial charge >= 0.3 is 0 Å². The maximum absolute atomic E-state index is 11.8. The van der Waals surface area contributed by atoms with E-state index in [1.165, 1.54) is 5.56 Å². The van der Waals surface area contributed by atoms with Crippen LogP contribution in [0, 0.1) is 0 Å². The van der Waals surface area contributed by atoms with Crippen LogP contribution in [-0.2, 0) is 16.1 Å². The quantitative estimate of drug-likeness (QED) is 0.644. The van der Waals surface area contributed by atoms with Crippen molar-refractivity contribution in [2.75, 3.05) is 26.3 Å². The Hall–Kier alpha value is -2.94. The molecule has 0 radical (unpaired) electrons. The fraction of sp³-hybridized carbons (Fsp3) is 0.227. The number of hydrogen-bond acceptors (Lipinski definition) is 7. The van der Waals surface area contributed by atoms with E-state index in [1.807, 2.05) is 6.07 Å². The van der Waals surface area contributed by atoms with E-state index in [1.54, 1.807) is 18.5 Å². The third kappa shape index (κ3) is 3.89. The van der Waals surface area contributed by atoms with Crippen molar-refractivity contribution >= 4 is 40.0 Å². The molecule has 0 spiro atoms. The molecule has 2 aliphatic heterocycles. The van der Waals surface area contributed by atoms with Crippen LogP contribution >= 0.6 is 11.8 Å². The van der Waals surface area contributed by atoms with Crippen molar-refractivity contribution in [1.29, 1.82) is 0 Å². The van der Waals surface area contributed by atoms with Crippen molar-refractivity contribution in [2.45, 2.75) is 6.54 Å². The molecule has 0 saturated carbocycles. The highest BCUT2D eigenvalue weighted by Crippen LogP contribution is 2.33. The first-order valence-corrected chi connectivity index (χ1v) is 10.5. The third-order valence-electron chi connectivity index (χ3n) is 5.13. The number of nitrogens with zero attached hydrogens (tertiary/aromatic N) is 2. The van der Waals surface area contributed by atoms with E-state index < -0.39 is 5.91 Å². The van der Waals surface area contributed by atoms with Crippen molar-refractivity contribution < 1.29 is 18.7 Å². The van der Waals surface area contributed by atoms with E-state index >= 15 is 0 Å². The van der Waals surface area contributed by atoms with Gasteiger partial charge < -0.3 is 9.15 Å². The molecule has 3 aromatic rings. The van der Waals surface area contributed by atoms with Gasteiger partial charge in [0.2, 0.25) is 0 Å². The monoisotopic (exact) mass is 421 g/mol. The summed E-state index contributed by atoms with van der Waals surface area (Å²) in [6.07, 6.45) is 5.09.